The van der Waals surface area contributed by atoms with E-state index < -0.39 is 11.8 Å². The Labute approximate surface area is 111 Å². The van der Waals surface area contributed by atoms with Crippen molar-refractivity contribution in [3.63, 3.8) is 0 Å². The number of hydrogen-bond donors (Lipinski definition) is 1. The van der Waals surface area contributed by atoms with Crippen molar-refractivity contribution in [3.8, 4) is 0 Å². The number of carboxylic acids is 1. The van der Waals surface area contributed by atoms with Crippen molar-refractivity contribution in [2.75, 3.05) is 13.1 Å². The first-order valence-corrected chi connectivity index (χ1v) is 6.15. The first kappa shape index (κ1) is 14.9. The fourth-order valence-electron chi connectivity index (χ4n) is 1.80. The molecule has 0 heterocycles. The molecule has 0 aliphatic rings. The standard InChI is InChI=1S/C13H17ClFNO2/c1-9(2)6-16(8-12(17)18)7-10-4-3-5-11(14)13(10)15/h3-5,9H,6-8H2,1-2H3,(H,17,18). The van der Waals surface area contributed by atoms with Crippen LogP contribution in [-0.4, -0.2) is 29.1 Å². The molecule has 0 spiro atoms. The van der Waals surface area contributed by atoms with Gasteiger partial charge in [-0.25, -0.2) is 4.39 Å². The summed E-state index contributed by atoms with van der Waals surface area (Å²) in [6.45, 7) is 4.71. The number of carbonyl (C=O) groups is 1. The zero-order chi connectivity index (χ0) is 13.7. The maximum atomic E-state index is 13.7. The molecule has 0 saturated heterocycles. The van der Waals surface area contributed by atoms with Gasteiger partial charge >= 0.3 is 5.97 Å². The summed E-state index contributed by atoms with van der Waals surface area (Å²) in [6, 6.07) is 4.76. The van der Waals surface area contributed by atoms with Crippen LogP contribution < -0.4 is 0 Å². The highest BCUT2D eigenvalue weighted by Crippen LogP contribution is 2.19. The molecule has 0 aliphatic carbocycles. The molecule has 5 heteroatoms. The monoisotopic (exact) mass is 273 g/mol. The second-order valence-corrected chi connectivity index (χ2v) is 5.08. The fourth-order valence-corrected chi connectivity index (χ4v) is 2.00. The van der Waals surface area contributed by atoms with Crippen LogP contribution in [0.4, 0.5) is 4.39 Å². The lowest BCUT2D eigenvalue weighted by atomic mass is 10.1. The Morgan fingerprint density at radius 1 is 1.50 bits per heavy atom. The van der Waals surface area contributed by atoms with Crippen molar-refractivity contribution in [2.45, 2.75) is 20.4 Å². The highest BCUT2D eigenvalue weighted by molar-refractivity contribution is 6.30. The van der Waals surface area contributed by atoms with Gasteiger partial charge in [-0.1, -0.05) is 37.6 Å². The minimum Gasteiger partial charge on any atom is -0.480 e. The number of rotatable bonds is 6. The van der Waals surface area contributed by atoms with Crippen LogP contribution in [-0.2, 0) is 11.3 Å². The lowest BCUT2D eigenvalue weighted by Crippen LogP contribution is -2.32. The molecule has 100 valence electrons. The first-order valence-electron chi connectivity index (χ1n) is 5.77. The molecule has 0 atom stereocenters. The Morgan fingerprint density at radius 3 is 2.72 bits per heavy atom. The van der Waals surface area contributed by atoms with Gasteiger partial charge in [0.25, 0.3) is 0 Å². The minimum absolute atomic E-state index is 0.0623. The molecule has 1 N–H and O–H groups in total. The molecule has 0 bridgehead atoms. The van der Waals surface area contributed by atoms with E-state index in [0.717, 1.165) is 0 Å². The summed E-state index contributed by atoms with van der Waals surface area (Å²) in [5.74, 6) is -1.08. The Hall–Kier alpha value is -1.13. The number of hydrogen-bond acceptors (Lipinski definition) is 2. The SMILES string of the molecule is CC(C)CN(CC(=O)O)Cc1cccc(Cl)c1F. The van der Waals surface area contributed by atoms with E-state index >= 15 is 0 Å². The molecule has 0 aliphatic heterocycles. The van der Waals surface area contributed by atoms with Crippen LogP contribution in [0.25, 0.3) is 0 Å². The van der Waals surface area contributed by atoms with Gasteiger partial charge in [-0.15, -0.1) is 0 Å². The highest BCUT2D eigenvalue weighted by atomic mass is 35.5. The summed E-state index contributed by atoms with van der Waals surface area (Å²) in [6.07, 6.45) is 0. The van der Waals surface area contributed by atoms with E-state index in [1.807, 2.05) is 13.8 Å². The number of nitrogens with zero attached hydrogens (tertiary/aromatic N) is 1. The lowest BCUT2D eigenvalue weighted by Gasteiger charge is -2.22. The Bertz CT molecular complexity index is 423. The maximum absolute atomic E-state index is 13.7. The molecule has 0 radical (unpaired) electrons. The first-order chi connectivity index (χ1) is 8.40. The highest BCUT2D eigenvalue weighted by Gasteiger charge is 2.15. The summed E-state index contributed by atoms with van der Waals surface area (Å²) < 4.78 is 13.7. The molecule has 0 amide bonds. The van der Waals surface area contributed by atoms with Gasteiger partial charge in [0, 0.05) is 18.7 Å². The molecule has 3 nitrogen and oxygen atoms in total. The van der Waals surface area contributed by atoms with Gasteiger partial charge in [0.05, 0.1) is 11.6 Å². The van der Waals surface area contributed by atoms with Gasteiger partial charge < -0.3 is 5.11 Å². The van der Waals surface area contributed by atoms with Crippen molar-refractivity contribution in [2.24, 2.45) is 5.92 Å². The second kappa shape index (κ2) is 6.71. The molecule has 0 saturated carbocycles. The van der Waals surface area contributed by atoms with Crippen LogP contribution in [0, 0.1) is 11.7 Å². The topological polar surface area (TPSA) is 40.5 Å². The van der Waals surface area contributed by atoms with Crippen LogP contribution in [0.3, 0.4) is 0 Å². The number of carboxylic acid groups (broad SMARTS) is 1. The van der Waals surface area contributed by atoms with Gasteiger partial charge in [-0.2, -0.15) is 0 Å². The average Bonchev–Trinajstić information content (AvgIpc) is 2.23. The van der Waals surface area contributed by atoms with E-state index in [-0.39, 0.29) is 18.1 Å². The predicted molar refractivity (Wildman–Crippen MR) is 69.2 cm³/mol. The van der Waals surface area contributed by atoms with Crippen LogP contribution in [0.1, 0.15) is 19.4 Å². The van der Waals surface area contributed by atoms with Crippen LogP contribution in [0.15, 0.2) is 18.2 Å². The minimum atomic E-state index is -0.918. The molecule has 1 rings (SSSR count). The molecule has 0 unspecified atom stereocenters. The third kappa shape index (κ3) is 4.63. The van der Waals surface area contributed by atoms with Crippen molar-refractivity contribution in [1.29, 1.82) is 0 Å². The molecule has 0 fully saturated rings. The molecular weight excluding hydrogens is 257 g/mol. The Kier molecular flexibility index (Phi) is 5.56. The van der Waals surface area contributed by atoms with E-state index in [1.165, 1.54) is 6.07 Å². The van der Waals surface area contributed by atoms with Gasteiger partial charge in [-0.3, -0.25) is 9.69 Å². The van der Waals surface area contributed by atoms with Crippen LogP contribution in [0.2, 0.25) is 5.02 Å². The second-order valence-electron chi connectivity index (χ2n) is 4.67. The summed E-state index contributed by atoms with van der Waals surface area (Å²) in [7, 11) is 0. The number of halogens is 2. The average molecular weight is 274 g/mol. The van der Waals surface area contributed by atoms with Gasteiger partial charge in [0.15, 0.2) is 0 Å². The quantitative estimate of drug-likeness (QED) is 0.866. The third-order valence-electron chi connectivity index (χ3n) is 2.41. The van der Waals surface area contributed by atoms with Gasteiger partial charge in [0.1, 0.15) is 5.82 Å². The normalized spacial score (nSPS) is 11.2. The number of benzene rings is 1. The summed E-state index contributed by atoms with van der Waals surface area (Å²) in [4.78, 5) is 12.5. The van der Waals surface area contributed by atoms with Crippen molar-refractivity contribution < 1.29 is 14.3 Å². The summed E-state index contributed by atoms with van der Waals surface area (Å²) >= 11 is 5.70. The summed E-state index contributed by atoms with van der Waals surface area (Å²) in [5, 5.41) is 8.90. The fraction of sp³-hybridized carbons (Fsp3) is 0.462. The van der Waals surface area contributed by atoms with Crippen molar-refractivity contribution in [1.82, 2.24) is 4.90 Å². The lowest BCUT2D eigenvalue weighted by molar-refractivity contribution is -0.138. The molecular formula is C13H17ClFNO2. The van der Waals surface area contributed by atoms with Gasteiger partial charge in [-0.05, 0) is 12.0 Å². The number of aliphatic carboxylic acids is 1. The maximum Gasteiger partial charge on any atom is 0.317 e. The zero-order valence-electron chi connectivity index (χ0n) is 10.5. The van der Waals surface area contributed by atoms with E-state index in [1.54, 1.807) is 17.0 Å². The Morgan fingerprint density at radius 2 is 2.17 bits per heavy atom. The smallest absolute Gasteiger partial charge is 0.317 e. The van der Waals surface area contributed by atoms with E-state index in [2.05, 4.69) is 0 Å². The molecule has 1 aromatic carbocycles. The van der Waals surface area contributed by atoms with E-state index in [4.69, 9.17) is 16.7 Å². The molecule has 0 aromatic heterocycles. The van der Waals surface area contributed by atoms with Gasteiger partial charge in [0.2, 0.25) is 0 Å². The summed E-state index contributed by atoms with van der Waals surface area (Å²) in [5.41, 5.74) is 0.421. The van der Waals surface area contributed by atoms with E-state index in [0.29, 0.717) is 18.0 Å². The molecule has 18 heavy (non-hydrogen) atoms. The van der Waals surface area contributed by atoms with Crippen LogP contribution in [0.5, 0.6) is 0 Å². The van der Waals surface area contributed by atoms with Crippen molar-refractivity contribution >= 4 is 17.6 Å². The Balaban J connectivity index is 2.81. The predicted octanol–water partition coefficient (Wildman–Crippen LogP) is 3.02. The zero-order valence-corrected chi connectivity index (χ0v) is 11.2. The molecule has 1 aromatic rings. The van der Waals surface area contributed by atoms with E-state index in [9.17, 15) is 9.18 Å². The third-order valence-corrected chi connectivity index (χ3v) is 2.70. The van der Waals surface area contributed by atoms with Crippen LogP contribution >= 0.6 is 11.6 Å². The van der Waals surface area contributed by atoms with Crippen molar-refractivity contribution in [3.05, 3.63) is 34.6 Å². The largest absolute Gasteiger partial charge is 0.480 e.